The number of fused-ring (bicyclic) bond motifs is 1. The van der Waals surface area contributed by atoms with Crippen LogP contribution < -0.4 is 14.6 Å². The number of aliphatic hydroxyl groups is 1. The van der Waals surface area contributed by atoms with Crippen LogP contribution in [0, 0.1) is 5.92 Å². The third-order valence-electron chi connectivity index (χ3n) is 6.44. The lowest BCUT2D eigenvalue weighted by molar-refractivity contribution is -0.146. The van der Waals surface area contributed by atoms with Crippen molar-refractivity contribution in [3.8, 4) is 11.5 Å². The molecule has 0 saturated carbocycles. The van der Waals surface area contributed by atoms with E-state index in [-0.39, 0.29) is 42.8 Å². The molecule has 0 unspecified atom stereocenters. The number of aromatic nitrogens is 4. The lowest BCUT2D eigenvalue weighted by Gasteiger charge is -2.19. The van der Waals surface area contributed by atoms with Crippen LogP contribution in [0.3, 0.4) is 0 Å². The summed E-state index contributed by atoms with van der Waals surface area (Å²) >= 11 is 2.37. The van der Waals surface area contributed by atoms with Crippen molar-refractivity contribution in [2.45, 2.75) is 35.6 Å². The Morgan fingerprint density at radius 3 is 2.71 bits per heavy atom. The van der Waals surface area contributed by atoms with Gasteiger partial charge in [-0.15, -0.1) is 16.4 Å². The zero-order valence-electron chi connectivity index (χ0n) is 24.2. The predicted octanol–water partition coefficient (Wildman–Crippen LogP) is 3.07. The van der Waals surface area contributed by atoms with Crippen molar-refractivity contribution in [3.63, 3.8) is 0 Å². The van der Waals surface area contributed by atoms with Crippen molar-refractivity contribution in [1.29, 1.82) is 0 Å². The quantitative estimate of drug-likeness (QED) is 0.147. The molecule has 2 aromatic carbocycles. The normalized spacial score (nSPS) is 13.0. The summed E-state index contributed by atoms with van der Waals surface area (Å²) in [4.78, 5) is 29.9. The molecule has 0 saturated heterocycles. The SMILES string of the molecule is COC(=O)[C@@H](CSCc1cccc(OCCF)c1)CC(=O)[C@H](CCO)n1cc(COc2ccc3nc(S(N)(=O)=O)sc3c2)nn1. The number of halogens is 1. The molecule has 2 atom stereocenters. The van der Waals surface area contributed by atoms with Crippen LogP contribution in [0.2, 0.25) is 0 Å². The number of hydrogen-bond donors (Lipinski definition) is 2. The summed E-state index contributed by atoms with van der Waals surface area (Å²) < 4.78 is 53.4. The van der Waals surface area contributed by atoms with Gasteiger partial charge in [0.15, 0.2) is 5.78 Å². The molecule has 3 N–H and O–H groups in total. The van der Waals surface area contributed by atoms with Gasteiger partial charge in [0.05, 0.1) is 29.4 Å². The maximum Gasteiger partial charge on any atom is 0.309 e. The first-order valence-electron chi connectivity index (χ1n) is 13.6. The van der Waals surface area contributed by atoms with Gasteiger partial charge in [0.25, 0.3) is 10.0 Å². The summed E-state index contributed by atoms with van der Waals surface area (Å²) in [5.41, 5.74) is 1.78. The molecule has 0 radical (unpaired) electrons. The molecule has 17 heteroatoms. The van der Waals surface area contributed by atoms with Gasteiger partial charge in [-0.3, -0.25) is 9.59 Å². The zero-order valence-corrected chi connectivity index (χ0v) is 26.7. The Hall–Kier alpha value is -3.64. The van der Waals surface area contributed by atoms with Crippen LogP contribution >= 0.6 is 23.1 Å². The Morgan fingerprint density at radius 2 is 1.98 bits per heavy atom. The molecule has 45 heavy (non-hydrogen) atoms. The molecule has 0 amide bonds. The molecular weight excluding hydrogens is 650 g/mol. The minimum absolute atomic E-state index is 0.00612. The lowest BCUT2D eigenvalue weighted by atomic mass is 9.98. The number of ketones is 1. The van der Waals surface area contributed by atoms with Crippen LogP contribution in [0.15, 0.2) is 53.0 Å². The fourth-order valence-electron chi connectivity index (χ4n) is 4.30. The Kier molecular flexibility index (Phi) is 12.2. The maximum atomic E-state index is 13.4. The first-order chi connectivity index (χ1) is 21.6. The van der Waals surface area contributed by atoms with Gasteiger partial charge in [0, 0.05) is 31.0 Å². The van der Waals surface area contributed by atoms with Gasteiger partial charge in [-0.2, -0.15) is 11.8 Å². The van der Waals surface area contributed by atoms with E-state index in [4.69, 9.17) is 19.3 Å². The van der Waals surface area contributed by atoms with Crippen molar-refractivity contribution in [2.24, 2.45) is 11.1 Å². The smallest absolute Gasteiger partial charge is 0.309 e. The number of ether oxygens (including phenoxy) is 3. The number of esters is 1. The van der Waals surface area contributed by atoms with Gasteiger partial charge in [0.2, 0.25) is 4.34 Å². The monoisotopic (exact) mass is 681 g/mol. The van der Waals surface area contributed by atoms with E-state index in [1.807, 2.05) is 6.07 Å². The first-order valence-corrected chi connectivity index (χ1v) is 17.2. The number of hydrogen-bond acceptors (Lipinski definition) is 13. The average Bonchev–Trinajstić information content (AvgIpc) is 3.68. The number of methoxy groups -OCH3 is 1. The van der Waals surface area contributed by atoms with Crippen molar-refractivity contribution < 1.29 is 41.7 Å². The highest BCUT2D eigenvalue weighted by Crippen LogP contribution is 2.29. The van der Waals surface area contributed by atoms with Gasteiger partial charge >= 0.3 is 5.97 Å². The lowest BCUT2D eigenvalue weighted by Crippen LogP contribution is -2.28. The molecule has 13 nitrogen and oxygen atoms in total. The molecule has 4 aromatic rings. The third kappa shape index (κ3) is 9.67. The van der Waals surface area contributed by atoms with Crippen LogP contribution in [-0.2, 0) is 36.7 Å². The third-order valence-corrected chi connectivity index (χ3v) is 9.95. The number of nitrogens with zero attached hydrogens (tertiary/aromatic N) is 4. The molecule has 2 heterocycles. The van der Waals surface area contributed by atoms with Crippen molar-refractivity contribution in [3.05, 3.63) is 59.9 Å². The van der Waals surface area contributed by atoms with E-state index in [0.29, 0.717) is 38.9 Å². The van der Waals surface area contributed by atoms with Crippen molar-refractivity contribution in [1.82, 2.24) is 20.0 Å². The summed E-state index contributed by atoms with van der Waals surface area (Å²) in [5.74, 6) is 0.239. The second-order valence-corrected chi connectivity index (χ2v) is 13.5. The van der Waals surface area contributed by atoms with E-state index in [9.17, 15) is 27.5 Å². The molecule has 0 aliphatic rings. The molecule has 4 rings (SSSR count). The largest absolute Gasteiger partial charge is 0.491 e. The standard InChI is InChI=1S/C28H32FN5O8S3/c1-40-27(37)19(17-43-16-18-3-2-4-21(11-18)41-10-8-29)12-25(36)24(7-9-35)34-14-20(32-33-34)15-42-22-5-6-23-26(13-22)44-28(31-23)45(30,38)39/h2-6,11,13-14,19,24,35H,7-10,12,15-17H2,1H3,(H2,30,38,39)/t19-,24+/m1/s1. The number of primary sulfonamides is 1. The molecular formula is C28H32FN5O8S3. The van der Waals surface area contributed by atoms with Crippen LogP contribution in [0.4, 0.5) is 4.39 Å². The van der Waals surface area contributed by atoms with E-state index in [2.05, 4.69) is 15.3 Å². The molecule has 0 aliphatic heterocycles. The summed E-state index contributed by atoms with van der Waals surface area (Å²) in [6.45, 7) is -0.925. The highest BCUT2D eigenvalue weighted by atomic mass is 32.2. The molecule has 0 bridgehead atoms. The van der Waals surface area contributed by atoms with Crippen LogP contribution in [-0.4, -0.2) is 78.0 Å². The Bertz CT molecular complexity index is 1710. The number of rotatable bonds is 18. The highest BCUT2D eigenvalue weighted by molar-refractivity contribution is 7.98. The number of aliphatic hydroxyl groups excluding tert-OH is 1. The molecule has 2 aromatic heterocycles. The number of thioether (sulfide) groups is 1. The highest BCUT2D eigenvalue weighted by Gasteiger charge is 2.29. The summed E-state index contributed by atoms with van der Waals surface area (Å²) in [5, 5.41) is 23.0. The van der Waals surface area contributed by atoms with E-state index in [0.717, 1.165) is 16.9 Å². The zero-order chi connectivity index (χ0) is 32.4. The second-order valence-electron chi connectivity index (χ2n) is 9.75. The number of carbonyl (C=O) groups is 2. The predicted molar refractivity (Wildman–Crippen MR) is 165 cm³/mol. The van der Waals surface area contributed by atoms with Gasteiger partial charge < -0.3 is 19.3 Å². The van der Waals surface area contributed by atoms with E-state index < -0.39 is 34.6 Å². The minimum atomic E-state index is -3.93. The number of carbonyl (C=O) groups excluding carboxylic acids is 2. The Labute approximate surface area is 266 Å². The van der Waals surface area contributed by atoms with Crippen molar-refractivity contribution in [2.75, 3.05) is 32.8 Å². The Morgan fingerprint density at radius 1 is 1.18 bits per heavy atom. The molecule has 0 spiro atoms. The van der Waals surface area contributed by atoms with E-state index >= 15 is 0 Å². The van der Waals surface area contributed by atoms with Crippen LogP contribution in [0.1, 0.15) is 30.1 Å². The van der Waals surface area contributed by atoms with Crippen molar-refractivity contribution >= 4 is 55.1 Å². The fourth-order valence-corrected chi connectivity index (χ4v) is 7.06. The number of alkyl halides is 1. The van der Waals surface area contributed by atoms with E-state index in [1.165, 1.54) is 29.8 Å². The summed E-state index contributed by atoms with van der Waals surface area (Å²) in [6.07, 6.45) is 1.46. The van der Waals surface area contributed by atoms with E-state index in [1.54, 1.807) is 36.4 Å². The minimum Gasteiger partial charge on any atom is -0.491 e. The molecule has 0 fully saturated rings. The van der Waals surface area contributed by atoms with Gasteiger partial charge in [-0.1, -0.05) is 17.3 Å². The number of nitrogens with two attached hydrogens (primary N) is 1. The van der Waals surface area contributed by atoms with Gasteiger partial charge in [-0.05, 0) is 35.9 Å². The number of benzene rings is 2. The number of thiazole rings is 1. The average molecular weight is 682 g/mol. The maximum absolute atomic E-state index is 13.4. The first kappa shape index (κ1) is 34.2. The van der Waals surface area contributed by atoms with Gasteiger partial charge in [-0.25, -0.2) is 27.6 Å². The Balaban J connectivity index is 1.36. The summed E-state index contributed by atoms with van der Waals surface area (Å²) in [6, 6.07) is 11.2. The number of Topliss-reactive ketones (excluding diaryl/α,β-unsaturated/α-hetero) is 1. The van der Waals surface area contributed by atoms with Crippen LogP contribution in [0.5, 0.6) is 11.5 Å². The summed E-state index contributed by atoms with van der Waals surface area (Å²) in [7, 11) is -2.66. The number of sulfonamides is 1. The van der Waals surface area contributed by atoms with Gasteiger partial charge in [0.1, 0.15) is 43.1 Å². The topological polar surface area (TPSA) is 186 Å². The molecule has 242 valence electrons. The second kappa shape index (κ2) is 16.1. The molecule has 0 aliphatic carbocycles. The fraction of sp³-hybridized carbons (Fsp3) is 0.393. The van der Waals surface area contributed by atoms with Crippen LogP contribution in [0.25, 0.3) is 10.2 Å².